The first kappa shape index (κ1) is 16.5. The number of carbonyl (C=O) groups excluding carboxylic acids is 1. The average Bonchev–Trinajstić information content (AvgIpc) is 3.30. The van der Waals surface area contributed by atoms with Crippen molar-refractivity contribution in [3.63, 3.8) is 0 Å². The molecule has 0 spiro atoms. The number of hydrogen-bond acceptors (Lipinski definition) is 4. The number of benzene rings is 1. The second kappa shape index (κ2) is 6.20. The number of nitrogens with zero attached hydrogens (tertiary/aromatic N) is 2. The van der Waals surface area contributed by atoms with Gasteiger partial charge in [-0.3, -0.25) is 4.79 Å². The van der Waals surface area contributed by atoms with Gasteiger partial charge in [0.2, 0.25) is 0 Å². The van der Waals surface area contributed by atoms with Gasteiger partial charge in [0, 0.05) is 40.0 Å². The van der Waals surface area contributed by atoms with E-state index in [0.717, 1.165) is 40.5 Å². The Labute approximate surface area is 162 Å². The van der Waals surface area contributed by atoms with Gasteiger partial charge < -0.3 is 5.32 Å². The Balaban J connectivity index is 1.59. The van der Waals surface area contributed by atoms with E-state index in [4.69, 9.17) is 5.10 Å². The number of aryl methyl sites for hydroxylation is 1. The summed E-state index contributed by atoms with van der Waals surface area (Å²) in [6.07, 6.45) is 1.48. The summed E-state index contributed by atoms with van der Waals surface area (Å²) in [4.78, 5) is 14.3. The minimum Gasteiger partial charge on any atom is -0.343 e. The molecule has 5 rings (SSSR count). The Bertz CT molecular complexity index is 1050. The van der Waals surface area contributed by atoms with E-state index in [9.17, 15) is 4.79 Å². The maximum atomic E-state index is 13.0. The van der Waals surface area contributed by atoms with Gasteiger partial charge in [-0.25, -0.2) is 4.68 Å². The molecular formula is C22H21N3OS. The van der Waals surface area contributed by atoms with E-state index in [2.05, 4.69) is 41.9 Å². The molecule has 0 saturated carbocycles. The summed E-state index contributed by atoms with van der Waals surface area (Å²) in [7, 11) is 0. The Hall–Kier alpha value is -2.66. The molecule has 0 unspecified atom stereocenters. The topological polar surface area (TPSA) is 46.9 Å². The summed E-state index contributed by atoms with van der Waals surface area (Å²) < 4.78 is 1.98. The maximum Gasteiger partial charge on any atom is 0.161 e. The predicted molar refractivity (Wildman–Crippen MR) is 109 cm³/mol. The molecule has 27 heavy (non-hydrogen) atoms. The molecule has 0 amide bonds. The Morgan fingerprint density at radius 2 is 1.96 bits per heavy atom. The molecule has 1 N–H and O–H groups in total. The van der Waals surface area contributed by atoms with Crippen molar-refractivity contribution in [3.8, 4) is 5.69 Å². The van der Waals surface area contributed by atoms with Crippen LogP contribution in [0, 0.1) is 6.92 Å². The Morgan fingerprint density at radius 1 is 1.15 bits per heavy atom. The van der Waals surface area contributed by atoms with Crippen LogP contribution >= 0.6 is 11.3 Å². The van der Waals surface area contributed by atoms with Crippen molar-refractivity contribution in [1.29, 1.82) is 0 Å². The van der Waals surface area contributed by atoms with Gasteiger partial charge in [-0.05, 0) is 36.9 Å². The zero-order chi connectivity index (χ0) is 18.5. The number of aromatic nitrogens is 2. The Morgan fingerprint density at radius 3 is 2.70 bits per heavy atom. The van der Waals surface area contributed by atoms with Gasteiger partial charge in [-0.2, -0.15) is 5.10 Å². The molecule has 1 aliphatic carbocycles. The smallest absolute Gasteiger partial charge is 0.161 e. The SMILES string of the molecule is Cc1nn(-c2ccccc2)c2c1[C@H](C)C1=C(C[C@@H](c3cccs3)CC1=O)N2. The molecule has 5 heteroatoms. The van der Waals surface area contributed by atoms with Crippen molar-refractivity contribution in [2.24, 2.45) is 0 Å². The van der Waals surface area contributed by atoms with Crippen molar-refractivity contribution in [3.05, 3.63) is 75.2 Å². The lowest BCUT2D eigenvalue weighted by atomic mass is 9.76. The van der Waals surface area contributed by atoms with Crippen LogP contribution in [0.1, 0.15) is 47.7 Å². The van der Waals surface area contributed by atoms with Crippen LogP contribution in [-0.4, -0.2) is 15.6 Å². The van der Waals surface area contributed by atoms with Gasteiger partial charge in [-0.15, -0.1) is 11.3 Å². The minimum absolute atomic E-state index is 0.0745. The molecule has 1 aromatic carbocycles. The van der Waals surface area contributed by atoms with Crippen LogP contribution in [0.15, 0.2) is 59.1 Å². The number of allylic oxidation sites excluding steroid dienone is 2. The number of rotatable bonds is 2. The van der Waals surface area contributed by atoms with E-state index in [1.807, 2.05) is 29.8 Å². The highest BCUT2D eigenvalue weighted by Crippen LogP contribution is 2.47. The van der Waals surface area contributed by atoms with Gasteiger partial charge in [0.1, 0.15) is 5.82 Å². The lowest BCUT2D eigenvalue weighted by molar-refractivity contribution is -0.116. The van der Waals surface area contributed by atoms with Crippen molar-refractivity contribution >= 4 is 22.9 Å². The normalized spacial score (nSPS) is 21.6. The molecule has 4 nitrogen and oxygen atoms in total. The Kier molecular flexibility index (Phi) is 3.79. The third-order valence-electron chi connectivity index (χ3n) is 5.70. The molecule has 2 aliphatic rings. The number of hydrogen-bond donors (Lipinski definition) is 1. The van der Waals surface area contributed by atoms with E-state index in [0.29, 0.717) is 6.42 Å². The maximum absolute atomic E-state index is 13.0. The first-order valence-corrected chi connectivity index (χ1v) is 10.2. The van der Waals surface area contributed by atoms with Gasteiger partial charge in [-0.1, -0.05) is 31.2 Å². The molecule has 0 radical (unpaired) electrons. The van der Waals surface area contributed by atoms with Gasteiger partial charge in [0.05, 0.1) is 11.4 Å². The number of ketones is 1. The molecule has 136 valence electrons. The zero-order valence-corrected chi connectivity index (χ0v) is 16.2. The molecule has 0 fully saturated rings. The lowest BCUT2D eigenvalue weighted by Crippen LogP contribution is -2.28. The van der Waals surface area contributed by atoms with Gasteiger partial charge >= 0.3 is 0 Å². The van der Waals surface area contributed by atoms with Crippen LogP contribution in [0.5, 0.6) is 0 Å². The molecule has 3 heterocycles. The summed E-state index contributed by atoms with van der Waals surface area (Å²) in [6.45, 7) is 4.17. The van der Waals surface area contributed by atoms with E-state index in [-0.39, 0.29) is 17.6 Å². The summed E-state index contributed by atoms with van der Waals surface area (Å²) in [5.41, 5.74) is 5.17. The fourth-order valence-corrected chi connectivity index (χ4v) is 5.33. The third-order valence-corrected chi connectivity index (χ3v) is 6.73. The number of nitrogens with one attached hydrogen (secondary N) is 1. The molecular weight excluding hydrogens is 354 g/mol. The highest BCUT2D eigenvalue weighted by Gasteiger charge is 2.38. The molecule has 3 aromatic rings. The van der Waals surface area contributed by atoms with Gasteiger partial charge in [0.15, 0.2) is 5.78 Å². The van der Waals surface area contributed by atoms with E-state index >= 15 is 0 Å². The predicted octanol–water partition coefficient (Wildman–Crippen LogP) is 5.17. The number of fused-ring (bicyclic) bond motifs is 1. The molecule has 1 aliphatic heterocycles. The number of thiophene rings is 1. The number of carbonyl (C=O) groups is 1. The van der Waals surface area contributed by atoms with E-state index < -0.39 is 0 Å². The molecule has 2 aromatic heterocycles. The molecule has 0 saturated heterocycles. The summed E-state index contributed by atoms with van der Waals surface area (Å²) in [5, 5.41) is 10.5. The minimum atomic E-state index is 0.0745. The largest absolute Gasteiger partial charge is 0.343 e. The van der Waals surface area contributed by atoms with Crippen LogP contribution in [-0.2, 0) is 4.79 Å². The van der Waals surface area contributed by atoms with Crippen molar-refractivity contribution in [1.82, 2.24) is 9.78 Å². The van der Waals surface area contributed by atoms with Crippen molar-refractivity contribution in [2.75, 3.05) is 5.32 Å². The van der Waals surface area contributed by atoms with Crippen LogP contribution < -0.4 is 5.32 Å². The first-order chi connectivity index (χ1) is 13.1. The third kappa shape index (κ3) is 2.57. The zero-order valence-electron chi connectivity index (χ0n) is 15.4. The molecule has 2 atom stereocenters. The summed E-state index contributed by atoms with van der Waals surface area (Å²) in [6, 6.07) is 14.4. The first-order valence-electron chi connectivity index (χ1n) is 9.35. The standard InChI is InChI=1S/C22H21N3OS/c1-13-20-14(2)24-25(16-7-4-3-5-8-16)22(20)23-17-11-15(12-18(26)21(13)17)19-9-6-10-27-19/h3-10,13,15,23H,11-12H2,1-2H3/t13-,15+/m0/s1. The second-order valence-electron chi connectivity index (χ2n) is 7.38. The number of Topliss-reactive ketones (excluding diaryl/α,β-unsaturated/α-hetero) is 1. The van der Waals surface area contributed by atoms with Crippen LogP contribution in [0.4, 0.5) is 5.82 Å². The monoisotopic (exact) mass is 375 g/mol. The van der Waals surface area contributed by atoms with Crippen molar-refractivity contribution in [2.45, 2.75) is 38.5 Å². The number of anilines is 1. The summed E-state index contributed by atoms with van der Waals surface area (Å²) >= 11 is 1.74. The van der Waals surface area contributed by atoms with Crippen molar-refractivity contribution < 1.29 is 4.79 Å². The second-order valence-corrected chi connectivity index (χ2v) is 8.36. The lowest BCUT2D eigenvalue weighted by Gasteiger charge is -2.33. The van der Waals surface area contributed by atoms with Crippen LogP contribution in [0.3, 0.4) is 0 Å². The fourth-order valence-electron chi connectivity index (χ4n) is 4.50. The summed E-state index contributed by atoms with van der Waals surface area (Å²) in [5.74, 6) is 1.62. The van der Waals surface area contributed by atoms with Gasteiger partial charge in [0.25, 0.3) is 0 Å². The van der Waals surface area contributed by atoms with Crippen LogP contribution in [0.2, 0.25) is 0 Å². The molecule has 0 bridgehead atoms. The fraction of sp³-hybridized carbons (Fsp3) is 0.273. The highest BCUT2D eigenvalue weighted by molar-refractivity contribution is 7.10. The number of para-hydroxylation sites is 1. The average molecular weight is 375 g/mol. The highest BCUT2D eigenvalue weighted by atomic mass is 32.1. The van der Waals surface area contributed by atoms with E-state index in [1.165, 1.54) is 4.88 Å². The van der Waals surface area contributed by atoms with E-state index in [1.54, 1.807) is 11.3 Å². The quantitative estimate of drug-likeness (QED) is 0.672. The van der Waals surface area contributed by atoms with Crippen LogP contribution in [0.25, 0.3) is 5.69 Å².